The highest BCUT2D eigenvalue weighted by atomic mass is 32.1. The van der Waals surface area contributed by atoms with E-state index in [1.807, 2.05) is 13.0 Å². The van der Waals surface area contributed by atoms with Crippen molar-refractivity contribution >= 4 is 17.0 Å². The van der Waals surface area contributed by atoms with Crippen LogP contribution in [0.15, 0.2) is 23.7 Å². The van der Waals surface area contributed by atoms with Crippen LogP contribution in [-0.4, -0.2) is 9.91 Å². The summed E-state index contributed by atoms with van der Waals surface area (Å²) in [5.41, 5.74) is 9.51. The summed E-state index contributed by atoms with van der Waals surface area (Å²) in [5, 5.41) is 10.9. The minimum atomic E-state index is -0.401. The molecule has 0 saturated heterocycles. The third kappa shape index (κ3) is 2.17. The Labute approximate surface area is 102 Å². The average Bonchev–Trinajstić information content (AvgIpc) is 2.74. The zero-order valence-corrected chi connectivity index (χ0v) is 10.0. The quantitative estimate of drug-likeness (QED) is 0.669. The van der Waals surface area contributed by atoms with E-state index in [0.29, 0.717) is 5.56 Å². The van der Waals surface area contributed by atoms with Gasteiger partial charge in [-0.25, -0.2) is 4.98 Å². The lowest BCUT2D eigenvalue weighted by Crippen LogP contribution is -2.01. The molecule has 0 aliphatic carbocycles. The summed E-state index contributed by atoms with van der Waals surface area (Å²) in [6.07, 6.45) is 0. The maximum absolute atomic E-state index is 10.9. The molecule has 0 aliphatic heterocycles. The second-order valence-corrected chi connectivity index (χ2v) is 4.43. The van der Waals surface area contributed by atoms with Gasteiger partial charge in [-0.1, -0.05) is 12.1 Å². The second kappa shape index (κ2) is 4.60. The lowest BCUT2D eigenvalue weighted by molar-refractivity contribution is -0.385. The summed E-state index contributed by atoms with van der Waals surface area (Å²) in [7, 11) is 0. The SMILES string of the molecule is Cc1ncsc1-c1ccc(CN)c([N+](=O)[O-])c1. The predicted molar refractivity (Wildman–Crippen MR) is 66.8 cm³/mol. The van der Waals surface area contributed by atoms with Crippen LogP contribution in [-0.2, 0) is 6.54 Å². The van der Waals surface area contributed by atoms with Crippen molar-refractivity contribution in [3.05, 3.63) is 45.1 Å². The van der Waals surface area contributed by atoms with E-state index in [1.54, 1.807) is 17.6 Å². The van der Waals surface area contributed by atoms with Gasteiger partial charge in [0.1, 0.15) is 0 Å². The summed E-state index contributed by atoms with van der Waals surface area (Å²) < 4.78 is 0. The minimum absolute atomic E-state index is 0.0674. The van der Waals surface area contributed by atoms with E-state index in [0.717, 1.165) is 16.1 Å². The Balaban J connectivity index is 2.55. The molecular weight excluding hydrogens is 238 g/mol. The molecule has 6 heteroatoms. The van der Waals surface area contributed by atoms with Gasteiger partial charge in [0.05, 0.1) is 21.0 Å². The van der Waals surface area contributed by atoms with E-state index >= 15 is 0 Å². The van der Waals surface area contributed by atoms with Gasteiger partial charge in [-0.3, -0.25) is 10.1 Å². The molecule has 0 bridgehead atoms. The normalized spacial score (nSPS) is 10.5. The molecule has 0 amide bonds. The van der Waals surface area contributed by atoms with Gasteiger partial charge < -0.3 is 5.73 Å². The fourth-order valence-corrected chi connectivity index (χ4v) is 2.43. The average molecular weight is 249 g/mol. The number of aromatic nitrogens is 1. The third-order valence-corrected chi connectivity index (χ3v) is 3.49. The van der Waals surface area contributed by atoms with Gasteiger partial charge in [-0.05, 0) is 6.92 Å². The van der Waals surface area contributed by atoms with Crippen LogP contribution in [0, 0.1) is 17.0 Å². The van der Waals surface area contributed by atoms with Crippen molar-refractivity contribution in [3.8, 4) is 10.4 Å². The Kier molecular flexibility index (Phi) is 3.16. The molecule has 0 spiro atoms. The van der Waals surface area contributed by atoms with Crippen molar-refractivity contribution in [3.63, 3.8) is 0 Å². The van der Waals surface area contributed by atoms with E-state index in [9.17, 15) is 10.1 Å². The molecule has 0 saturated carbocycles. The first-order valence-electron chi connectivity index (χ1n) is 5.01. The molecular formula is C11H11N3O2S. The summed E-state index contributed by atoms with van der Waals surface area (Å²) in [6, 6.07) is 5.10. The molecule has 2 rings (SSSR count). The van der Waals surface area contributed by atoms with Crippen molar-refractivity contribution in [1.29, 1.82) is 0 Å². The Hall–Kier alpha value is -1.79. The zero-order valence-electron chi connectivity index (χ0n) is 9.21. The molecule has 0 radical (unpaired) electrons. The van der Waals surface area contributed by atoms with Crippen molar-refractivity contribution in [2.24, 2.45) is 5.73 Å². The molecule has 2 aromatic rings. The topological polar surface area (TPSA) is 82.0 Å². The molecule has 1 heterocycles. The Bertz CT molecular complexity index is 566. The molecule has 0 unspecified atom stereocenters. The molecule has 2 N–H and O–H groups in total. The Morgan fingerprint density at radius 2 is 2.29 bits per heavy atom. The number of hydrogen-bond acceptors (Lipinski definition) is 5. The van der Waals surface area contributed by atoms with Crippen LogP contribution in [0.1, 0.15) is 11.3 Å². The lowest BCUT2D eigenvalue weighted by Gasteiger charge is -2.03. The van der Waals surface area contributed by atoms with Crippen LogP contribution < -0.4 is 5.73 Å². The number of nitrogens with zero attached hydrogens (tertiary/aromatic N) is 2. The Morgan fingerprint density at radius 1 is 1.53 bits per heavy atom. The van der Waals surface area contributed by atoms with Crippen LogP contribution in [0.5, 0.6) is 0 Å². The monoisotopic (exact) mass is 249 g/mol. The minimum Gasteiger partial charge on any atom is -0.326 e. The first kappa shape index (κ1) is 11.7. The number of aryl methyl sites for hydroxylation is 1. The maximum atomic E-state index is 10.9. The highest BCUT2D eigenvalue weighted by Crippen LogP contribution is 2.31. The number of nitro benzene ring substituents is 1. The van der Waals surface area contributed by atoms with Crippen molar-refractivity contribution in [2.75, 3.05) is 0 Å². The number of hydrogen-bond donors (Lipinski definition) is 1. The predicted octanol–water partition coefficient (Wildman–Crippen LogP) is 2.49. The molecule has 88 valence electrons. The van der Waals surface area contributed by atoms with E-state index < -0.39 is 4.92 Å². The molecule has 0 fully saturated rings. The van der Waals surface area contributed by atoms with Crippen LogP contribution >= 0.6 is 11.3 Å². The van der Waals surface area contributed by atoms with Gasteiger partial charge in [0.25, 0.3) is 5.69 Å². The maximum Gasteiger partial charge on any atom is 0.274 e. The van der Waals surface area contributed by atoms with Gasteiger partial charge in [0, 0.05) is 23.7 Å². The van der Waals surface area contributed by atoms with Crippen LogP contribution in [0.3, 0.4) is 0 Å². The van der Waals surface area contributed by atoms with Gasteiger partial charge in [-0.2, -0.15) is 0 Å². The van der Waals surface area contributed by atoms with Crippen LogP contribution in [0.2, 0.25) is 0 Å². The molecule has 5 nitrogen and oxygen atoms in total. The number of thiazole rings is 1. The fraction of sp³-hybridized carbons (Fsp3) is 0.182. The molecule has 17 heavy (non-hydrogen) atoms. The molecule has 1 aromatic heterocycles. The first-order valence-corrected chi connectivity index (χ1v) is 5.89. The number of rotatable bonds is 3. The number of benzene rings is 1. The number of nitro groups is 1. The van der Waals surface area contributed by atoms with Crippen molar-refractivity contribution < 1.29 is 4.92 Å². The summed E-state index contributed by atoms with van der Waals surface area (Å²) in [4.78, 5) is 15.6. The van der Waals surface area contributed by atoms with Crippen molar-refractivity contribution in [1.82, 2.24) is 4.98 Å². The van der Waals surface area contributed by atoms with E-state index in [1.165, 1.54) is 11.3 Å². The third-order valence-electron chi connectivity index (χ3n) is 2.51. The summed E-state index contributed by atoms with van der Waals surface area (Å²) in [6.45, 7) is 2.05. The van der Waals surface area contributed by atoms with E-state index in [4.69, 9.17) is 5.73 Å². The standard InChI is InChI=1S/C11H11N3O2S/c1-7-11(17-6-13-7)8-2-3-9(5-12)10(4-8)14(15)16/h2-4,6H,5,12H2,1H3. The van der Waals surface area contributed by atoms with Gasteiger partial charge in [0.2, 0.25) is 0 Å². The van der Waals surface area contributed by atoms with E-state index in [-0.39, 0.29) is 12.2 Å². The van der Waals surface area contributed by atoms with E-state index in [2.05, 4.69) is 4.98 Å². The van der Waals surface area contributed by atoms with Crippen LogP contribution in [0.4, 0.5) is 5.69 Å². The van der Waals surface area contributed by atoms with Gasteiger partial charge in [-0.15, -0.1) is 11.3 Å². The zero-order chi connectivity index (χ0) is 12.4. The smallest absolute Gasteiger partial charge is 0.274 e. The van der Waals surface area contributed by atoms with Gasteiger partial charge in [0.15, 0.2) is 0 Å². The van der Waals surface area contributed by atoms with Crippen LogP contribution in [0.25, 0.3) is 10.4 Å². The lowest BCUT2D eigenvalue weighted by atomic mass is 10.1. The Morgan fingerprint density at radius 3 is 2.82 bits per heavy atom. The highest BCUT2D eigenvalue weighted by molar-refractivity contribution is 7.13. The highest BCUT2D eigenvalue weighted by Gasteiger charge is 2.15. The molecule has 0 aliphatic rings. The first-order chi connectivity index (χ1) is 8.13. The summed E-state index contributed by atoms with van der Waals surface area (Å²) in [5.74, 6) is 0. The fourth-order valence-electron chi connectivity index (χ4n) is 1.63. The molecule has 1 aromatic carbocycles. The van der Waals surface area contributed by atoms with Gasteiger partial charge >= 0.3 is 0 Å². The number of nitrogens with two attached hydrogens (primary N) is 1. The molecule has 0 atom stereocenters. The second-order valence-electron chi connectivity index (χ2n) is 3.57. The summed E-state index contributed by atoms with van der Waals surface area (Å²) >= 11 is 1.47. The van der Waals surface area contributed by atoms with Crippen molar-refractivity contribution in [2.45, 2.75) is 13.5 Å². The largest absolute Gasteiger partial charge is 0.326 e.